The predicted octanol–water partition coefficient (Wildman–Crippen LogP) is 3.15. The van der Waals surface area contributed by atoms with Crippen LogP contribution >= 0.6 is 15.9 Å². The SMILES string of the molecule is CCCN(CC1CCCCN1)C(=O)c1ccc(Br)c(O)c1. The maximum Gasteiger partial charge on any atom is 0.254 e. The highest BCUT2D eigenvalue weighted by atomic mass is 79.9. The van der Waals surface area contributed by atoms with E-state index in [2.05, 4.69) is 28.2 Å². The molecule has 0 spiro atoms. The zero-order chi connectivity index (χ0) is 15.2. The van der Waals surface area contributed by atoms with Crippen LogP contribution < -0.4 is 5.32 Å². The zero-order valence-electron chi connectivity index (χ0n) is 12.4. The molecule has 116 valence electrons. The van der Waals surface area contributed by atoms with E-state index in [4.69, 9.17) is 0 Å². The molecule has 1 fully saturated rings. The van der Waals surface area contributed by atoms with Crippen molar-refractivity contribution in [3.05, 3.63) is 28.2 Å². The minimum Gasteiger partial charge on any atom is -0.507 e. The van der Waals surface area contributed by atoms with Gasteiger partial charge in [0.05, 0.1) is 4.47 Å². The molecule has 2 N–H and O–H groups in total. The molecule has 0 saturated carbocycles. The molecule has 0 radical (unpaired) electrons. The van der Waals surface area contributed by atoms with E-state index in [1.165, 1.54) is 18.9 Å². The van der Waals surface area contributed by atoms with Crippen LogP contribution in [0.3, 0.4) is 0 Å². The number of phenolic OH excluding ortho intramolecular Hbond substituents is 1. The second-order valence-electron chi connectivity index (χ2n) is 5.56. The molecule has 0 bridgehead atoms. The van der Waals surface area contributed by atoms with Gasteiger partial charge in [0.15, 0.2) is 0 Å². The molecule has 0 aliphatic carbocycles. The number of benzene rings is 1. The number of hydrogen-bond acceptors (Lipinski definition) is 3. The Morgan fingerprint density at radius 1 is 1.48 bits per heavy atom. The Balaban J connectivity index is 2.08. The summed E-state index contributed by atoms with van der Waals surface area (Å²) in [5.74, 6) is 0.0973. The number of rotatable bonds is 5. The minimum atomic E-state index is -0.00739. The van der Waals surface area contributed by atoms with Gasteiger partial charge in [-0.3, -0.25) is 4.79 Å². The minimum absolute atomic E-state index is 0.00739. The molecular formula is C16H23BrN2O2. The molecule has 21 heavy (non-hydrogen) atoms. The number of carbonyl (C=O) groups is 1. The van der Waals surface area contributed by atoms with Crippen LogP contribution in [0.25, 0.3) is 0 Å². The van der Waals surface area contributed by atoms with Crippen LogP contribution in [0.1, 0.15) is 43.0 Å². The van der Waals surface area contributed by atoms with Gasteiger partial charge in [-0.25, -0.2) is 0 Å². The van der Waals surface area contributed by atoms with Crippen molar-refractivity contribution < 1.29 is 9.90 Å². The molecule has 1 aromatic rings. The maximum absolute atomic E-state index is 12.6. The number of amides is 1. The molecule has 0 aromatic heterocycles. The summed E-state index contributed by atoms with van der Waals surface area (Å²) in [5, 5.41) is 13.2. The predicted molar refractivity (Wildman–Crippen MR) is 87.6 cm³/mol. The number of nitrogens with one attached hydrogen (secondary N) is 1. The quantitative estimate of drug-likeness (QED) is 0.853. The summed E-state index contributed by atoms with van der Waals surface area (Å²) in [6, 6.07) is 5.39. The summed E-state index contributed by atoms with van der Waals surface area (Å²) in [6.45, 7) is 4.60. The van der Waals surface area contributed by atoms with Crippen LogP contribution in [0.4, 0.5) is 0 Å². The summed E-state index contributed by atoms with van der Waals surface area (Å²) in [5.41, 5.74) is 0.542. The Kier molecular flexibility index (Phi) is 6.06. The molecule has 4 nitrogen and oxygen atoms in total. The third-order valence-electron chi connectivity index (χ3n) is 3.83. The number of nitrogens with zero attached hydrogens (tertiary/aromatic N) is 1. The van der Waals surface area contributed by atoms with Gasteiger partial charge in [-0.1, -0.05) is 13.3 Å². The summed E-state index contributed by atoms with van der Waals surface area (Å²) >= 11 is 3.24. The molecule has 2 rings (SSSR count). The summed E-state index contributed by atoms with van der Waals surface area (Å²) in [7, 11) is 0. The number of halogens is 1. The fourth-order valence-electron chi connectivity index (χ4n) is 2.72. The summed E-state index contributed by atoms with van der Waals surface area (Å²) < 4.78 is 0.607. The average Bonchev–Trinajstić information content (AvgIpc) is 2.50. The van der Waals surface area contributed by atoms with Gasteiger partial charge in [-0.15, -0.1) is 0 Å². The van der Waals surface area contributed by atoms with Crippen molar-refractivity contribution in [3.63, 3.8) is 0 Å². The summed E-state index contributed by atoms with van der Waals surface area (Å²) in [4.78, 5) is 14.5. The van der Waals surface area contributed by atoms with Gasteiger partial charge in [0.2, 0.25) is 0 Å². The highest BCUT2D eigenvalue weighted by Gasteiger charge is 2.21. The van der Waals surface area contributed by atoms with Crippen LogP contribution in [0.5, 0.6) is 5.75 Å². The van der Waals surface area contributed by atoms with Gasteiger partial charge in [-0.05, 0) is 59.9 Å². The number of phenols is 1. The first-order chi connectivity index (χ1) is 10.1. The van der Waals surface area contributed by atoms with Gasteiger partial charge in [0, 0.05) is 24.7 Å². The molecule has 1 aromatic carbocycles. The van der Waals surface area contributed by atoms with E-state index in [0.29, 0.717) is 16.1 Å². The van der Waals surface area contributed by atoms with E-state index >= 15 is 0 Å². The zero-order valence-corrected chi connectivity index (χ0v) is 14.0. The van der Waals surface area contributed by atoms with E-state index in [9.17, 15) is 9.90 Å². The van der Waals surface area contributed by atoms with Crippen LogP contribution in [-0.2, 0) is 0 Å². The van der Waals surface area contributed by atoms with Crippen LogP contribution in [-0.4, -0.2) is 41.6 Å². The molecule has 1 aliphatic heterocycles. The van der Waals surface area contributed by atoms with Crippen molar-refractivity contribution in [2.75, 3.05) is 19.6 Å². The Bertz CT molecular complexity index is 487. The highest BCUT2D eigenvalue weighted by molar-refractivity contribution is 9.10. The second kappa shape index (κ2) is 7.80. The molecule has 1 heterocycles. The monoisotopic (exact) mass is 354 g/mol. The van der Waals surface area contributed by atoms with E-state index in [-0.39, 0.29) is 11.7 Å². The number of carbonyl (C=O) groups excluding carboxylic acids is 1. The standard InChI is InChI=1S/C16H23BrN2O2/c1-2-9-19(11-13-5-3-4-8-18-13)16(21)12-6-7-14(17)15(20)10-12/h6-7,10,13,18,20H,2-5,8-9,11H2,1H3. The molecule has 1 amide bonds. The lowest BCUT2D eigenvalue weighted by Crippen LogP contribution is -2.46. The molecular weight excluding hydrogens is 332 g/mol. The Morgan fingerprint density at radius 2 is 2.29 bits per heavy atom. The Morgan fingerprint density at radius 3 is 2.90 bits per heavy atom. The number of piperidine rings is 1. The first-order valence-corrected chi connectivity index (χ1v) is 8.42. The third kappa shape index (κ3) is 4.45. The lowest BCUT2D eigenvalue weighted by atomic mass is 10.0. The molecule has 1 atom stereocenters. The fourth-order valence-corrected chi connectivity index (χ4v) is 2.97. The smallest absolute Gasteiger partial charge is 0.254 e. The largest absolute Gasteiger partial charge is 0.507 e. The maximum atomic E-state index is 12.6. The van der Waals surface area contributed by atoms with Crippen molar-refractivity contribution in [1.82, 2.24) is 10.2 Å². The number of hydrogen-bond donors (Lipinski definition) is 2. The van der Waals surface area contributed by atoms with Crippen LogP contribution in [0, 0.1) is 0 Å². The van der Waals surface area contributed by atoms with Crippen LogP contribution in [0.2, 0.25) is 0 Å². The fraction of sp³-hybridized carbons (Fsp3) is 0.562. The normalized spacial score (nSPS) is 18.5. The Labute approximate surface area is 134 Å². The topological polar surface area (TPSA) is 52.6 Å². The van der Waals surface area contributed by atoms with E-state index < -0.39 is 0 Å². The van der Waals surface area contributed by atoms with E-state index in [1.54, 1.807) is 12.1 Å². The van der Waals surface area contributed by atoms with Crippen molar-refractivity contribution in [3.8, 4) is 5.75 Å². The first-order valence-electron chi connectivity index (χ1n) is 7.63. The van der Waals surface area contributed by atoms with E-state index in [0.717, 1.165) is 32.5 Å². The molecule has 1 unspecified atom stereocenters. The van der Waals surface area contributed by atoms with Gasteiger partial charge in [-0.2, -0.15) is 0 Å². The highest BCUT2D eigenvalue weighted by Crippen LogP contribution is 2.25. The van der Waals surface area contributed by atoms with Crippen molar-refractivity contribution in [1.29, 1.82) is 0 Å². The van der Waals surface area contributed by atoms with Crippen molar-refractivity contribution in [2.24, 2.45) is 0 Å². The lowest BCUT2D eigenvalue weighted by molar-refractivity contribution is 0.0731. The van der Waals surface area contributed by atoms with E-state index in [1.807, 2.05) is 4.90 Å². The third-order valence-corrected chi connectivity index (χ3v) is 4.50. The Hall–Kier alpha value is -1.07. The second-order valence-corrected chi connectivity index (χ2v) is 6.42. The van der Waals surface area contributed by atoms with Gasteiger partial charge in [0.25, 0.3) is 5.91 Å². The lowest BCUT2D eigenvalue weighted by Gasteiger charge is -2.30. The molecule has 5 heteroatoms. The molecule has 1 aliphatic rings. The molecule has 1 saturated heterocycles. The van der Waals surface area contributed by atoms with Gasteiger partial charge >= 0.3 is 0 Å². The first kappa shape index (κ1) is 16.3. The van der Waals surface area contributed by atoms with Gasteiger partial charge in [0.1, 0.15) is 5.75 Å². The van der Waals surface area contributed by atoms with Gasteiger partial charge < -0.3 is 15.3 Å². The van der Waals surface area contributed by atoms with Crippen molar-refractivity contribution >= 4 is 21.8 Å². The number of aromatic hydroxyl groups is 1. The summed E-state index contributed by atoms with van der Waals surface area (Å²) in [6.07, 6.45) is 4.50. The average molecular weight is 355 g/mol. The van der Waals surface area contributed by atoms with Crippen LogP contribution in [0.15, 0.2) is 22.7 Å². The van der Waals surface area contributed by atoms with Crippen molar-refractivity contribution in [2.45, 2.75) is 38.6 Å².